The number of anilines is 1. The Morgan fingerprint density at radius 1 is 1.41 bits per heavy atom. The van der Waals surface area contributed by atoms with Crippen molar-refractivity contribution >= 4 is 11.7 Å². The van der Waals surface area contributed by atoms with E-state index in [-0.39, 0.29) is 19.2 Å². The molecule has 7 heteroatoms. The molecule has 0 bridgehead atoms. The van der Waals surface area contributed by atoms with Crippen molar-refractivity contribution in [3.05, 3.63) is 42.0 Å². The predicted octanol–water partition coefficient (Wildman–Crippen LogP) is 2.26. The van der Waals surface area contributed by atoms with Gasteiger partial charge in [-0.3, -0.25) is 4.79 Å². The second kappa shape index (κ2) is 7.56. The molecule has 2 aromatic rings. The highest BCUT2D eigenvalue weighted by Crippen LogP contribution is 2.18. The zero-order valence-corrected chi connectivity index (χ0v) is 12.6. The maximum absolute atomic E-state index is 11.0. The summed E-state index contributed by atoms with van der Waals surface area (Å²) in [5, 5.41) is 12.9. The van der Waals surface area contributed by atoms with Crippen molar-refractivity contribution in [2.24, 2.45) is 0 Å². The molecule has 0 saturated heterocycles. The summed E-state index contributed by atoms with van der Waals surface area (Å²) in [7, 11) is 0. The predicted molar refractivity (Wildman–Crippen MR) is 79.5 cm³/mol. The topological polar surface area (TPSA) is 88.7 Å². The number of carboxylic acid groups (broad SMARTS) is 1. The van der Waals surface area contributed by atoms with Crippen molar-refractivity contribution in [1.82, 2.24) is 10.1 Å². The molecule has 1 aromatic carbocycles. The third kappa shape index (κ3) is 4.29. The molecule has 118 valence electrons. The Labute approximate surface area is 128 Å². The Bertz CT molecular complexity index is 600. The highest BCUT2D eigenvalue weighted by atomic mass is 16.5. The largest absolute Gasteiger partial charge is 0.480 e. The van der Waals surface area contributed by atoms with Gasteiger partial charge in [-0.05, 0) is 26.0 Å². The molecule has 0 fully saturated rings. The molecule has 1 N–H and O–H groups in total. The van der Waals surface area contributed by atoms with E-state index in [1.54, 1.807) is 4.90 Å². The van der Waals surface area contributed by atoms with Crippen molar-refractivity contribution in [3.63, 3.8) is 0 Å². The Kier molecular flexibility index (Phi) is 5.48. The summed E-state index contributed by atoms with van der Waals surface area (Å²) in [5.41, 5.74) is 0.780. The molecule has 0 aliphatic carbocycles. The first-order valence-corrected chi connectivity index (χ1v) is 7.06. The van der Waals surface area contributed by atoms with Crippen LogP contribution in [0.5, 0.6) is 0 Å². The van der Waals surface area contributed by atoms with Crippen molar-refractivity contribution in [3.8, 4) is 0 Å². The SMILES string of the molecule is CCOC(C)c1noc(CN(CC(=O)O)c2ccccc2)n1. The first kappa shape index (κ1) is 16.0. The number of rotatable bonds is 8. The number of carbonyl (C=O) groups is 1. The van der Waals surface area contributed by atoms with Gasteiger partial charge in [0.15, 0.2) is 5.82 Å². The molecule has 1 aromatic heterocycles. The van der Waals surface area contributed by atoms with Crippen LogP contribution in [-0.4, -0.2) is 34.4 Å². The molecule has 7 nitrogen and oxygen atoms in total. The zero-order chi connectivity index (χ0) is 15.9. The first-order valence-electron chi connectivity index (χ1n) is 7.06. The normalized spacial score (nSPS) is 12.1. The molecule has 0 amide bonds. The van der Waals surface area contributed by atoms with Gasteiger partial charge in [0.25, 0.3) is 0 Å². The number of benzene rings is 1. The van der Waals surface area contributed by atoms with E-state index >= 15 is 0 Å². The minimum Gasteiger partial charge on any atom is -0.480 e. The van der Waals surface area contributed by atoms with Crippen molar-refractivity contribution < 1.29 is 19.2 Å². The number of hydrogen-bond acceptors (Lipinski definition) is 6. The van der Waals surface area contributed by atoms with E-state index in [0.29, 0.717) is 18.3 Å². The maximum Gasteiger partial charge on any atom is 0.323 e. The van der Waals surface area contributed by atoms with Crippen LogP contribution >= 0.6 is 0 Å². The minimum atomic E-state index is -0.925. The van der Waals surface area contributed by atoms with E-state index in [2.05, 4.69) is 10.1 Å². The van der Waals surface area contributed by atoms with Crippen LogP contribution in [0.4, 0.5) is 5.69 Å². The molecule has 1 heterocycles. The molecule has 0 aliphatic rings. The van der Waals surface area contributed by atoms with Crippen LogP contribution in [-0.2, 0) is 16.1 Å². The Balaban J connectivity index is 2.12. The van der Waals surface area contributed by atoms with Gasteiger partial charge in [-0.25, -0.2) is 0 Å². The number of ether oxygens (including phenoxy) is 1. The van der Waals surface area contributed by atoms with Crippen LogP contribution in [0.15, 0.2) is 34.9 Å². The second-order valence-corrected chi connectivity index (χ2v) is 4.73. The lowest BCUT2D eigenvalue weighted by molar-refractivity contribution is -0.135. The number of hydrogen-bond donors (Lipinski definition) is 1. The van der Waals surface area contributed by atoms with E-state index in [1.165, 1.54) is 0 Å². The molecular formula is C15H19N3O4. The average molecular weight is 305 g/mol. The van der Waals surface area contributed by atoms with E-state index < -0.39 is 5.97 Å². The molecule has 0 radical (unpaired) electrons. The highest BCUT2D eigenvalue weighted by molar-refractivity contribution is 5.73. The molecule has 2 rings (SSSR count). The average Bonchev–Trinajstić information content (AvgIpc) is 2.96. The van der Waals surface area contributed by atoms with Crippen LogP contribution in [0.1, 0.15) is 31.7 Å². The Morgan fingerprint density at radius 2 is 2.14 bits per heavy atom. The summed E-state index contributed by atoms with van der Waals surface area (Å²) in [6.45, 7) is 4.36. The Hall–Kier alpha value is -2.41. The summed E-state index contributed by atoms with van der Waals surface area (Å²) < 4.78 is 10.6. The van der Waals surface area contributed by atoms with Gasteiger partial charge >= 0.3 is 5.97 Å². The van der Waals surface area contributed by atoms with Gasteiger partial charge in [-0.1, -0.05) is 23.4 Å². The summed E-state index contributed by atoms with van der Waals surface area (Å²) in [6, 6.07) is 9.24. The standard InChI is InChI=1S/C15H19N3O4/c1-3-21-11(2)15-16-13(22-17-15)9-18(10-14(19)20)12-7-5-4-6-8-12/h4-8,11H,3,9-10H2,1-2H3,(H,19,20). The van der Waals surface area contributed by atoms with Gasteiger partial charge in [-0.15, -0.1) is 0 Å². The van der Waals surface area contributed by atoms with E-state index in [4.69, 9.17) is 14.4 Å². The zero-order valence-electron chi connectivity index (χ0n) is 12.6. The first-order chi connectivity index (χ1) is 10.6. The van der Waals surface area contributed by atoms with Gasteiger partial charge in [0.2, 0.25) is 5.89 Å². The molecule has 1 atom stereocenters. The van der Waals surface area contributed by atoms with Crippen LogP contribution in [0.2, 0.25) is 0 Å². The van der Waals surface area contributed by atoms with E-state index in [1.807, 2.05) is 44.2 Å². The van der Waals surface area contributed by atoms with Crippen molar-refractivity contribution in [2.75, 3.05) is 18.1 Å². The lowest BCUT2D eigenvalue weighted by Gasteiger charge is -2.20. The van der Waals surface area contributed by atoms with Crippen molar-refractivity contribution in [1.29, 1.82) is 0 Å². The van der Waals surface area contributed by atoms with Gasteiger partial charge in [-0.2, -0.15) is 4.98 Å². The van der Waals surface area contributed by atoms with E-state index in [9.17, 15) is 4.79 Å². The van der Waals surface area contributed by atoms with Crippen LogP contribution in [0, 0.1) is 0 Å². The van der Waals surface area contributed by atoms with E-state index in [0.717, 1.165) is 5.69 Å². The minimum absolute atomic E-state index is 0.150. The fourth-order valence-electron chi connectivity index (χ4n) is 2.03. The quantitative estimate of drug-likeness (QED) is 0.800. The van der Waals surface area contributed by atoms with Gasteiger partial charge in [0.1, 0.15) is 12.6 Å². The number of nitrogens with zero attached hydrogens (tertiary/aromatic N) is 3. The lowest BCUT2D eigenvalue weighted by atomic mass is 10.3. The maximum atomic E-state index is 11.0. The third-order valence-electron chi connectivity index (χ3n) is 3.04. The number of aliphatic carboxylic acids is 1. The summed E-state index contributed by atoms with van der Waals surface area (Å²) in [5.74, 6) is -0.113. The second-order valence-electron chi connectivity index (χ2n) is 4.73. The summed E-state index contributed by atoms with van der Waals surface area (Å²) in [6.07, 6.45) is -0.257. The molecule has 1 unspecified atom stereocenters. The third-order valence-corrected chi connectivity index (χ3v) is 3.04. The van der Waals surface area contributed by atoms with Crippen LogP contribution < -0.4 is 4.90 Å². The molecule has 0 saturated carbocycles. The van der Waals surface area contributed by atoms with Gasteiger partial charge in [0.05, 0.1) is 6.54 Å². The highest BCUT2D eigenvalue weighted by Gasteiger charge is 2.18. The van der Waals surface area contributed by atoms with Crippen LogP contribution in [0.3, 0.4) is 0 Å². The summed E-state index contributed by atoms with van der Waals surface area (Å²) in [4.78, 5) is 17.0. The Morgan fingerprint density at radius 3 is 2.77 bits per heavy atom. The molecular weight excluding hydrogens is 286 g/mol. The van der Waals surface area contributed by atoms with Gasteiger partial charge < -0.3 is 19.3 Å². The smallest absolute Gasteiger partial charge is 0.323 e. The molecule has 22 heavy (non-hydrogen) atoms. The number of carboxylic acids is 1. The molecule has 0 spiro atoms. The molecule has 0 aliphatic heterocycles. The fraction of sp³-hybridized carbons (Fsp3) is 0.400. The van der Waals surface area contributed by atoms with Crippen LogP contribution in [0.25, 0.3) is 0 Å². The lowest BCUT2D eigenvalue weighted by Crippen LogP contribution is -2.29. The summed E-state index contributed by atoms with van der Waals surface area (Å²) >= 11 is 0. The van der Waals surface area contributed by atoms with Crippen molar-refractivity contribution in [2.45, 2.75) is 26.5 Å². The number of para-hydroxylation sites is 1. The number of aromatic nitrogens is 2. The fourth-order valence-corrected chi connectivity index (χ4v) is 2.03. The monoisotopic (exact) mass is 305 g/mol. The van der Waals surface area contributed by atoms with Gasteiger partial charge in [0, 0.05) is 12.3 Å².